The summed E-state index contributed by atoms with van der Waals surface area (Å²) in [5, 5.41) is 12.7. The van der Waals surface area contributed by atoms with Gasteiger partial charge in [-0.2, -0.15) is 0 Å². The van der Waals surface area contributed by atoms with Gasteiger partial charge in [-0.25, -0.2) is 0 Å². The van der Waals surface area contributed by atoms with Gasteiger partial charge in [0.2, 0.25) is 0 Å². The van der Waals surface area contributed by atoms with Crippen LogP contribution in [0.5, 0.6) is 0 Å². The number of hydrogen-bond acceptors (Lipinski definition) is 2. The lowest BCUT2D eigenvalue weighted by Gasteiger charge is -2.26. The molecule has 116 valence electrons. The van der Waals surface area contributed by atoms with Crippen LogP contribution in [-0.4, -0.2) is 23.2 Å². The number of nitrogens with one attached hydrogen (secondary N) is 1. The van der Waals surface area contributed by atoms with Gasteiger partial charge < -0.3 is 10.4 Å². The number of benzene rings is 1. The zero-order valence-corrected chi connectivity index (χ0v) is 13.3. The van der Waals surface area contributed by atoms with Crippen LogP contribution < -0.4 is 5.32 Å². The molecule has 1 aliphatic carbocycles. The molecule has 1 aliphatic rings. The summed E-state index contributed by atoms with van der Waals surface area (Å²) >= 11 is 0. The number of carbonyl (C=O) groups is 1. The Morgan fingerprint density at radius 1 is 1.38 bits per heavy atom. The Balaban J connectivity index is 2.00. The molecule has 1 saturated carbocycles. The van der Waals surface area contributed by atoms with Crippen LogP contribution in [0, 0.1) is 5.92 Å². The fraction of sp³-hybridized carbons (Fsp3) is 0.611. The van der Waals surface area contributed by atoms with Crippen LogP contribution >= 0.6 is 0 Å². The molecule has 0 spiro atoms. The smallest absolute Gasteiger partial charge is 0.320 e. The minimum atomic E-state index is -0.725. The monoisotopic (exact) mass is 289 g/mol. The molecule has 3 nitrogen and oxygen atoms in total. The van der Waals surface area contributed by atoms with E-state index in [2.05, 4.69) is 50.4 Å². The highest BCUT2D eigenvalue weighted by Crippen LogP contribution is 2.40. The molecule has 0 bridgehead atoms. The predicted molar refractivity (Wildman–Crippen MR) is 85.4 cm³/mol. The van der Waals surface area contributed by atoms with Crippen LogP contribution in [0.1, 0.15) is 52.0 Å². The van der Waals surface area contributed by atoms with E-state index in [1.54, 1.807) is 0 Å². The van der Waals surface area contributed by atoms with Gasteiger partial charge in [-0.3, -0.25) is 4.79 Å². The molecule has 2 rings (SSSR count). The van der Waals surface area contributed by atoms with Gasteiger partial charge >= 0.3 is 5.97 Å². The second-order valence-corrected chi connectivity index (χ2v) is 7.05. The summed E-state index contributed by atoms with van der Waals surface area (Å²) < 4.78 is 0. The first kappa shape index (κ1) is 16.0. The summed E-state index contributed by atoms with van der Waals surface area (Å²) in [6, 6.07) is 10.5. The van der Waals surface area contributed by atoms with Gasteiger partial charge in [0.25, 0.3) is 0 Å². The van der Waals surface area contributed by atoms with E-state index in [1.165, 1.54) is 5.56 Å². The Morgan fingerprint density at radius 3 is 2.62 bits per heavy atom. The van der Waals surface area contributed by atoms with Crippen molar-refractivity contribution in [3.05, 3.63) is 35.9 Å². The molecular weight excluding hydrogens is 262 g/mol. The van der Waals surface area contributed by atoms with Crippen LogP contribution in [-0.2, 0) is 10.2 Å². The third-order valence-electron chi connectivity index (χ3n) is 4.65. The zero-order chi connectivity index (χ0) is 15.5. The number of hydrogen-bond donors (Lipinski definition) is 2. The molecule has 0 saturated heterocycles. The van der Waals surface area contributed by atoms with Gasteiger partial charge in [0.1, 0.15) is 6.04 Å². The Labute approximate surface area is 127 Å². The maximum Gasteiger partial charge on any atom is 0.320 e. The second kappa shape index (κ2) is 6.61. The van der Waals surface area contributed by atoms with Crippen molar-refractivity contribution < 1.29 is 9.90 Å². The SMILES string of the molecule is CC(C)C[C@H](NC1CCC(C)(c2ccccc2)C1)C(=O)O. The summed E-state index contributed by atoms with van der Waals surface area (Å²) in [5.74, 6) is -0.336. The Bertz CT molecular complexity index is 471. The summed E-state index contributed by atoms with van der Waals surface area (Å²) in [5.41, 5.74) is 1.53. The Kier molecular flexibility index (Phi) is 5.04. The fourth-order valence-corrected chi connectivity index (χ4v) is 3.48. The largest absolute Gasteiger partial charge is 0.480 e. The average molecular weight is 289 g/mol. The third-order valence-corrected chi connectivity index (χ3v) is 4.65. The molecule has 0 heterocycles. The van der Waals surface area contributed by atoms with E-state index in [4.69, 9.17) is 0 Å². The molecule has 0 radical (unpaired) electrons. The average Bonchev–Trinajstić information content (AvgIpc) is 2.81. The molecule has 3 heteroatoms. The third kappa shape index (κ3) is 4.07. The highest BCUT2D eigenvalue weighted by atomic mass is 16.4. The fourth-order valence-electron chi connectivity index (χ4n) is 3.48. The van der Waals surface area contributed by atoms with Crippen molar-refractivity contribution in [2.24, 2.45) is 5.92 Å². The molecular formula is C18H27NO2. The van der Waals surface area contributed by atoms with E-state index >= 15 is 0 Å². The van der Waals surface area contributed by atoms with E-state index in [0.717, 1.165) is 19.3 Å². The molecule has 21 heavy (non-hydrogen) atoms. The minimum Gasteiger partial charge on any atom is -0.480 e. The van der Waals surface area contributed by atoms with E-state index in [9.17, 15) is 9.90 Å². The van der Waals surface area contributed by atoms with Crippen LogP contribution in [0.3, 0.4) is 0 Å². The topological polar surface area (TPSA) is 49.3 Å². The van der Waals surface area contributed by atoms with E-state index in [0.29, 0.717) is 18.4 Å². The van der Waals surface area contributed by atoms with Gasteiger partial charge in [0.05, 0.1) is 0 Å². The van der Waals surface area contributed by atoms with Crippen LogP contribution in [0.25, 0.3) is 0 Å². The summed E-state index contributed by atoms with van der Waals surface area (Å²) in [6.07, 6.45) is 3.86. The lowest BCUT2D eigenvalue weighted by Crippen LogP contribution is -2.43. The number of aliphatic carboxylic acids is 1. The van der Waals surface area contributed by atoms with Crippen molar-refractivity contribution in [1.82, 2.24) is 5.32 Å². The molecule has 2 N–H and O–H groups in total. The Morgan fingerprint density at radius 2 is 2.05 bits per heavy atom. The van der Waals surface area contributed by atoms with Crippen LogP contribution in [0.2, 0.25) is 0 Å². The highest BCUT2D eigenvalue weighted by molar-refractivity contribution is 5.73. The summed E-state index contributed by atoms with van der Waals surface area (Å²) in [4.78, 5) is 11.4. The van der Waals surface area contributed by atoms with Gasteiger partial charge in [-0.1, -0.05) is 51.1 Å². The number of rotatable bonds is 6. The maximum absolute atomic E-state index is 11.4. The maximum atomic E-state index is 11.4. The first-order chi connectivity index (χ1) is 9.90. The lowest BCUT2D eigenvalue weighted by atomic mass is 9.81. The van der Waals surface area contributed by atoms with Crippen molar-refractivity contribution in [2.75, 3.05) is 0 Å². The van der Waals surface area contributed by atoms with Crippen molar-refractivity contribution in [1.29, 1.82) is 0 Å². The van der Waals surface area contributed by atoms with Crippen molar-refractivity contribution in [3.8, 4) is 0 Å². The van der Waals surface area contributed by atoms with Gasteiger partial charge in [0.15, 0.2) is 0 Å². The molecule has 3 atom stereocenters. The molecule has 1 fully saturated rings. The van der Waals surface area contributed by atoms with Crippen molar-refractivity contribution in [3.63, 3.8) is 0 Å². The first-order valence-electron chi connectivity index (χ1n) is 7.95. The van der Waals surface area contributed by atoms with Crippen LogP contribution in [0.4, 0.5) is 0 Å². The molecule has 1 aromatic carbocycles. The standard InChI is InChI=1S/C18H27NO2/c1-13(2)11-16(17(20)21)19-15-9-10-18(3,12-15)14-7-5-4-6-8-14/h4-8,13,15-16,19H,9-12H2,1-3H3,(H,20,21)/t15?,16-,18?/m0/s1. The summed E-state index contributed by atoms with van der Waals surface area (Å²) in [6.45, 7) is 6.43. The zero-order valence-electron chi connectivity index (χ0n) is 13.3. The first-order valence-corrected chi connectivity index (χ1v) is 7.95. The summed E-state index contributed by atoms with van der Waals surface area (Å²) in [7, 11) is 0. The van der Waals surface area contributed by atoms with Gasteiger partial charge in [-0.05, 0) is 42.6 Å². The quantitative estimate of drug-likeness (QED) is 0.841. The number of carboxylic acids is 1. The van der Waals surface area contributed by atoms with E-state index in [-0.39, 0.29) is 5.41 Å². The van der Waals surface area contributed by atoms with Crippen LogP contribution in [0.15, 0.2) is 30.3 Å². The van der Waals surface area contributed by atoms with Gasteiger partial charge in [0, 0.05) is 6.04 Å². The lowest BCUT2D eigenvalue weighted by molar-refractivity contribution is -0.140. The van der Waals surface area contributed by atoms with E-state index in [1.807, 2.05) is 6.07 Å². The normalized spacial score (nSPS) is 27.0. The van der Waals surface area contributed by atoms with E-state index < -0.39 is 12.0 Å². The molecule has 2 unspecified atom stereocenters. The second-order valence-electron chi connectivity index (χ2n) is 7.05. The molecule has 0 amide bonds. The minimum absolute atomic E-state index is 0.166. The highest BCUT2D eigenvalue weighted by Gasteiger charge is 2.37. The predicted octanol–water partition coefficient (Wildman–Crippen LogP) is 3.59. The van der Waals surface area contributed by atoms with Gasteiger partial charge in [-0.15, -0.1) is 0 Å². The van der Waals surface area contributed by atoms with Crippen molar-refractivity contribution in [2.45, 2.75) is 64.0 Å². The molecule has 0 aromatic heterocycles. The Hall–Kier alpha value is -1.35. The molecule has 1 aromatic rings. The van der Waals surface area contributed by atoms with Crippen molar-refractivity contribution >= 4 is 5.97 Å². The number of carboxylic acid groups (broad SMARTS) is 1. The molecule has 0 aliphatic heterocycles.